The third kappa shape index (κ3) is 3.56. The minimum absolute atomic E-state index is 0.480. The lowest BCUT2D eigenvalue weighted by Crippen LogP contribution is -2.29. The van der Waals surface area contributed by atoms with Crippen molar-refractivity contribution in [3.63, 3.8) is 0 Å². The number of hydrogen-bond donors (Lipinski definition) is 2. The molecule has 2 amide bonds. The van der Waals surface area contributed by atoms with Crippen LogP contribution in [0.2, 0.25) is 0 Å². The summed E-state index contributed by atoms with van der Waals surface area (Å²) in [5.74, 6) is -0.874. The van der Waals surface area contributed by atoms with Gasteiger partial charge < -0.3 is 15.4 Å². The normalized spacial score (nSPS) is 12.4. The van der Waals surface area contributed by atoms with Gasteiger partial charge in [-0.15, -0.1) is 0 Å². The van der Waals surface area contributed by atoms with E-state index in [2.05, 4.69) is 10.6 Å². The van der Waals surface area contributed by atoms with Crippen LogP contribution in [0.1, 0.15) is 24.5 Å². The Balaban J connectivity index is 1.66. The number of rotatable bonds is 4. The quantitative estimate of drug-likeness (QED) is 0.849. The van der Waals surface area contributed by atoms with Crippen molar-refractivity contribution in [2.24, 2.45) is 0 Å². The van der Waals surface area contributed by atoms with E-state index in [9.17, 15) is 9.59 Å². The van der Waals surface area contributed by atoms with Crippen molar-refractivity contribution in [3.05, 3.63) is 53.6 Å². The first-order valence-corrected chi connectivity index (χ1v) is 8.13. The average Bonchev–Trinajstić information content (AvgIpc) is 3.04. The van der Waals surface area contributed by atoms with E-state index in [1.165, 1.54) is 11.1 Å². The molecule has 0 bridgehead atoms. The number of carbonyl (C=O) groups excluding carboxylic acids is 2. The molecule has 5 nitrogen and oxygen atoms in total. The van der Waals surface area contributed by atoms with Crippen LogP contribution in [0.3, 0.4) is 0 Å². The lowest BCUT2D eigenvalue weighted by molar-refractivity contribution is -0.133. The van der Waals surface area contributed by atoms with E-state index in [1.807, 2.05) is 31.2 Å². The Labute approximate surface area is 141 Å². The molecule has 3 rings (SSSR count). The van der Waals surface area contributed by atoms with Gasteiger partial charge in [-0.3, -0.25) is 9.59 Å². The Hall–Kier alpha value is -2.82. The largest absolute Gasteiger partial charge is 0.492 e. The van der Waals surface area contributed by atoms with Gasteiger partial charge in [-0.25, -0.2) is 0 Å². The highest BCUT2D eigenvalue weighted by Gasteiger charge is 2.17. The molecule has 0 saturated heterocycles. The van der Waals surface area contributed by atoms with Gasteiger partial charge in [-0.2, -0.15) is 0 Å². The predicted molar refractivity (Wildman–Crippen MR) is 93.3 cm³/mol. The summed E-state index contributed by atoms with van der Waals surface area (Å²) in [6.45, 7) is 2.34. The third-order valence-electron chi connectivity index (χ3n) is 4.00. The smallest absolute Gasteiger partial charge is 0.314 e. The summed E-state index contributed by atoms with van der Waals surface area (Å²) in [4.78, 5) is 24.3. The minimum atomic E-state index is -0.720. The van der Waals surface area contributed by atoms with Gasteiger partial charge in [0, 0.05) is 5.69 Å². The molecule has 0 aliphatic heterocycles. The molecule has 0 unspecified atom stereocenters. The van der Waals surface area contributed by atoms with Crippen LogP contribution in [0.4, 0.5) is 11.4 Å². The van der Waals surface area contributed by atoms with Gasteiger partial charge in [0.25, 0.3) is 0 Å². The SMILES string of the molecule is CCOc1ccccc1NC(=O)C(=O)Nc1ccc2c(c1)CCC2. The fraction of sp³-hybridized carbons (Fsp3) is 0.263. The van der Waals surface area contributed by atoms with E-state index < -0.39 is 11.8 Å². The molecule has 0 atom stereocenters. The molecule has 2 N–H and O–H groups in total. The molecule has 2 aromatic carbocycles. The first-order chi connectivity index (χ1) is 11.7. The molecular weight excluding hydrogens is 304 g/mol. The van der Waals surface area contributed by atoms with Crippen molar-refractivity contribution in [2.75, 3.05) is 17.2 Å². The summed E-state index contributed by atoms with van der Waals surface area (Å²) >= 11 is 0. The fourth-order valence-electron chi connectivity index (χ4n) is 2.87. The van der Waals surface area contributed by atoms with Crippen molar-refractivity contribution in [2.45, 2.75) is 26.2 Å². The molecule has 5 heteroatoms. The average molecular weight is 324 g/mol. The van der Waals surface area contributed by atoms with Gasteiger partial charge in [0.2, 0.25) is 0 Å². The van der Waals surface area contributed by atoms with Crippen LogP contribution < -0.4 is 15.4 Å². The predicted octanol–water partition coefficient (Wildman–Crippen LogP) is 3.15. The van der Waals surface area contributed by atoms with E-state index in [1.54, 1.807) is 18.2 Å². The van der Waals surface area contributed by atoms with E-state index in [0.717, 1.165) is 19.3 Å². The zero-order chi connectivity index (χ0) is 16.9. The van der Waals surface area contributed by atoms with Crippen molar-refractivity contribution < 1.29 is 14.3 Å². The summed E-state index contributed by atoms with van der Waals surface area (Å²) in [7, 11) is 0. The van der Waals surface area contributed by atoms with Gasteiger partial charge in [0.15, 0.2) is 0 Å². The molecular formula is C19H20N2O3. The summed E-state index contributed by atoms with van der Waals surface area (Å²) in [6, 6.07) is 12.8. The molecule has 0 aromatic heterocycles. The van der Waals surface area contributed by atoms with Crippen LogP contribution in [0.25, 0.3) is 0 Å². The molecule has 2 aromatic rings. The summed E-state index contributed by atoms with van der Waals surface area (Å²) in [6.07, 6.45) is 3.24. The van der Waals surface area contributed by atoms with Crippen LogP contribution >= 0.6 is 0 Å². The van der Waals surface area contributed by atoms with E-state index in [4.69, 9.17) is 4.74 Å². The molecule has 124 valence electrons. The van der Waals surface area contributed by atoms with Gasteiger partial charge in [-0.05, 0) is 61.6 Å². The van der Waals surface area contributed by atoms with Crippen LogP contribution in [0.5, 0.6) is 5.75 Å². The second-order valence-corrected chi connectivity index (χ2v) is 5.67. The molecule has 1 aliphatic rings. The van der Waals surface area contributed by atoms with E-state index in [-0.39, 0.29) is 0 Å². The summed E-state index contributed by atoms with van der Waals surface area (Å²) < 4.78 is 5.44. The number of hydrogen-bond acceptors (Lipinski definition) is 3. The molecule has 24 heavy (non-hydrogen) atoms. The number of fused-ring (bicyclic) bond motifs is 1. The zero-order valence-corrected chi connectivity index (χ0v) is 13.6. The second-order valence-electron chi connectivity index (χ2n) is 5.67. The van der Waals surface area contributed by atoms with Crippen molar-refractivity contribution >= 4 is 23.2 Å². The van der Waals surface area contributed by atoms with Crippen LogP contribution in [-0.4, -0.2) is 18.4 Å². The van der Waals surface area contributed by atoms with E-state index >= 15 is 0 Å². The number of aryl methyl sites for hydroxylation is 2. The maximum atomic E-state index is 12.1. The monoisotopic (exact) mass is 324 g/mol. The van der Waals surface area contributed by atoms with Gasteiger partial charge >= 0.3 is 11.8 Å². The topological polar surface area (TPSA) is 67.4 Å². The number of amides is 2. The fourth-order valence-corrected chi connectivity index (χ4v) is 2.87. The Kier molecular flexibility index (Phi) is 4.79. The molecule has 0 spiro atoms. The van der Waals surface area contributed by atoms with Gasteiger partial charge in [0.05, 0.1) is 12.3 Å². The first-order valence-electron chi connectivity index (χ1n) is 8.13. The maximum absolute atomic E-state index is 12.1. The number of ether oxygens (including phenoxy) is 1. The highest BCUT2D eigenvalue weighted by atomic mass is 16.5. The minimum Gasteiger partial charge on any atom is -0.492 e. The molecule has 0 saturated carbocycles. The zero-order valence-electron chi connectivity index (χ0n) is 13.6. The van der Waals surface area contributed by atoms with Crippen LogP contribution in [0.15, 0.2) is 42.5 Å². The Morgan fingerprint density at radius 2 is 1.75 bits per heavy atom. The van der Waals surface area contributed by atoms with Gasteiger partial charge in [0.1, 0.15) is 5.75 Å². The highest BCUT2D eigenvalue weighted by Crippen LogP contribution is 2.25. The summed E-state index contributed by atoms with van der Waals surface area (Å²) in [5, 5.41) is 5.24. The lowest BCUT2D eigenvalue weighted by atomic mass is 10.1. The number of benzene rings is 2. The van der Waals surface area contributed by atoms with Crippen LogP contribution in [-0.2, 0) is 22.4 Å². The standard InChI is InChI=1S/C19H20N2O3/c1-2-24-17-9-4-3-8-16(17)21-19(23)18(22)20-15-11-10-13-6-5-7-14(13)12-15/h3-4,8-12H,2,5-7H2,1H3,(H,20,22)(H,21,23). The summed E-state index contributed by atoms with van der Waals surface area (Å²) in [5.41, 5.74) is 3.69. The highest BCUT2D eigenvalue weighted by molar-refractivity contribution is 6.43. The number of para-hydroxylation sites is 2. The molecule has 0 heterocycles. The third-order valence-corrected chi connectivity index (χ3v) is 4.00. The number of carbonyl (C=O) groups is 2. The molecule has 0 fully saturated rings. The van der Waals surface area contributed by atoms with Gasteiger partial charge in [-0.1, -0.05) is 18.2 Å². The van der Waals surface area contributed by atoms with Crippen molar-refractivity contribution in [1.29, 1.82) is 0 Å². The molecule has 1 aliphatic carbocycles. The van der Waals surface area contributed by atoms with Crippen LogP contribution in [0, 0.1) is 0 Å². The van der Waals surface area contributed by atoms with Crippen molar-refractivity contribution in [1.82, 2.24) is 0 Å². The maximum Gasteiger partial charge on any atom is 0.314 e. The second kappa shape index (κ2) is 7.17. The Morgan fingerprint density at radius 3 is 2.58 bits per heavy atom. The van der Waals surface area contributed by atoms with E-state index in [0.29, 0.717) is 23.7 Å². The Bertz CT molecular complexity index is 771. The molecule has 0 radical (unpaired) electrons. The van der Waals surface area contributed by atoms with Crippen molar-refractivity contribution in [3.8, 4) is 5.75 Å². The first kappa shape index (κ1) is 16.1. The number of anilines is 2. The lowest BCUT2D eigenvalue weighted by Gasteiger charge is -2.11. The Morgan fingerprint density at radius 1 is 1.00 bits per heavy atom. The number of nitrogens with one attached hydrogen (secondary N) is 2.